The molecule has 0 N–H and O–H groups in total. The van der Waals surface area contributed by atoms with Crippen LogP contribution in [-0.4, -0.2) is 19.5 Å². The van der Waals surface area contributed by atoms with Crippen LogP contribution in [0.5, 0.6) is 0 Å². The van der Waals surface area contributed by atoms with Gasteiger partial charge in [0.05, 0.1) is 0 Å². The lowest BCUT2D eigenvalue weighted by molar-refractivity contribution is 0.627. The summed E-state index contributed by atoms with van der Waals surface area (Å²) in [5.74, 6) is 0.489. The van der Waals surface area contributed by atoms with E-state index in [-0.39, 0.29) is 5.82 Å². The molecule has 2 heterocycles. The van der Waals surface area contributed by atoms with E-state index in [4.69, 9.17) is 0 Å². The highest BCUT2D eigenvalue weighted by Crippen LogP contribution is 2.02. The fourth-order valence-corrected chi connectivity index (χ4v) is 1.52. The first-order valence-electron chi connectivity index (χ1n) is 6.15. The summed E-state index contributed by atoms with van der Waals surface area (Å²) in [6, 6.07) is 8.19. The van der Waals surface area contributed by atoms with Gasteiger partial charge in [0.25, 0.3) is 0 Å². The van der Waals surface area contributed by atoms with Gasteiger partial charge in [0, 0.05) is 24.3 Å². The van der Waals surface area contributed by atoms with Gasteiger partial charge in [-0.2, -0.15) is 0 Å². The average Bonchev–Trinajstić information content (AvgIpc) is 2.90. The Labute approximate surface area is 117 Å². The van der Waals surface area contributed by atoms with Crippen LogP contribution in [0.1, 0.15) is 11.3 Å². The monoisotopic (exact) mass is 270 g/mol. The first-order valence-corrected chi connectivity index (χ1v) is 6.15. The summed E-state index contributed by atoms with van der Waals surface area (Å²) in [4.78, 5) is 12.2. The summed E-state index contributed by atoms with van der Waals surface area (Å²) < 4.78 is 13.9. The van der Waals surface area contributed by atoms with Crippen LogP contribution in [0.15, 0.2) is 55.2 Å². The Bertz CT molecular complexity index is 626. The molecule has 0 atom stereocenters. The van der Waals surface area contributed by atoms with Crippen LogP contribution in [-0.2, 0) is 0 Å². The molecule has 0 spiro atoms. The number of benzene rings is 1. The molecule has 20 heavy (non-hydrogen) atoms. The van der Waals surface area contributed by atoms with Crippen LogP contribution in [0.4, 0.5) is 4.39 Å². The Morgan fingerprint density at radius 1 is 1.00 bits per heavy atom. The second kappa shape index (κ2) is 6.56. The van der Waals surface area contributed by atoms with Gasteiger partial charge in [0.15, 0.2) is 0 Å². The van der Waals surface area contributed by atoms with Crippen molar-refractivity contribution in [2.45, 2.75) is 13.8 Å². The zero-order chi connectivity index (χ0) is 14.4. The van der Waals surface area contributed by atoms with Gasteiger partial charge in [0.1, 0.15) is 12.1 Å². The van der Waals surface area contributed by atoms with Gasteiger partial charge in [-0.1, -0.05) is 17.7 Å². The van der Waals surface area contributed by atoms with Crippen molar-refractivity contribution in [3.8, 4) is 5.95 Å². The molecular formula is C15H15FN4. The van der Waals surface area contributed by atoms with E-state index in [9.17, 15) is 4.39 Å². The summed E-state index contributed by atoms with van der Waals surface area (Å²) in [6.45, 7) is 3.89. The highest BCUT2D eigenvalue weighted by molar-refractivity contribution is 5.15. The lowest BCUT2D eigenvalue weighted by Gasteiger charge is -1.99. The fraction of sp³-hybridized carbons (Fsp3) is 0.133. The first kappa shape index (κ1) is 13.9. The molecule has 3 aromatic rings. The minimum Gasteiger partial charge on any atom is -0.272 e. The molecule has 4 nitrogen and oxygen atoms in total. The van der Waals surface area contributed by atoms with E-state index in [1.54, 1.807) is 43.1 Å². The van der Waals surface area contributed by atoms with E-state index < -0.39 is 0 Å². The molecule has 0 fully saturated rings. The fourth-order valence-electron chi connectivity index (χ4n) is 1.52. The van der Waals surface area contributed by atoms with E-state index in [1.807, 2.05) is 18.4 Å². The quantitative estimate of drug-likeness (QED) is 0.682. The van der Waals surface area contributed by atoms with E-state index in [0.717, 1.165) is 11.3 Å². The van der Waals surface area contributed by atoms with Crippen LogP contribution < -0.4 is 0 Å². The van der Waals surface area contributed by atoms with Crippen LogP contribution in [0.3, 0.4) is 0 Å². The standard InChI is InChI=1S/C8H8N4.C7H7F/c1-7-5-9-6-12(7)8-10-3-2-4-11-8;1-6-2-4-7(8)5-3-6/h2-6H,1H3;2-5H,1H3. The zero-order valence-electron chi connectivity index (χ0n) is 11.4. The molecule has 2 aromatic heterocycles. The largest absolute Gasteiger partial charge is 0.272 e. The smallest absolute Gasteiger partial charge is 0.235 e. The molecule has 0 saturated carbocycles. The maximum atomic E-state index is 12.1. The maximum Gasteiger partial charge on any atom is 0.235 e. The van der Waals surface area contributed by atoms with Crippen LogP contribution in [0, 0.1) is 19.7 Å². The molecule has 0 amide bonds. The molecule has 0 bridgehead atoms. The normalized spacial score (nSPS) is 9.75. The molecule has 0 aliphatic heterocycles. The summed E-state index contributed by atoms with van der Waals surface area (Å²) in [5, 5.41) is 0. The first-order chi connectivity index (χ1) is 9.66. The summed E-state index contributed by atoms with van der Waals surface area (Å²) in [6.07, 6.45) is 6.89. The van der Waals surface area contributed by atoms with Gasteiger partial charge in [-0.25, -0.2) is 19.3 Å². The number of aryl methyl sites for hydroxylation is 2. The number of rotatable bonds is 1. The second-order valence-electron chi connectivity index (χ2n) is 4.25. The molecular weight excluding hydrogens is 255 g/mol. The molecule has 0 aliphatic rings. The van der Waals surface area contributed by atoms with E-state index in [0.29, 0.717) is 5.95 Å². The second-order valence-corrected chi connectivity index (χ2v) is 4.25. The van der Waals surface area contributed by atoms with Crippen LogP contribution in [0.2, 0.25) is 0 Å². The van der Waals surface area contributed by atoms with Crippen molar-refractivity contribution >= 4 is 0 Å². The Morgan fingerprint density at radius 3 is 2.15 bits per heavy atom. The summed E-state index contributed by atoms with van der Waals surface area (Å²) in [7, 11) is 0. The van der Waals surface area contributed by atoms with Gasteiger partial charge in [-0.3, -0.25) is 4.57 Å². The molecule has 0 saturated heterocycles. The summed E-state index contributed by atoms with van der Waals surface area (Å²) >= 11 is 0. The van der Waals surface area contributed by atoms with Crippen molar-refractivity contribution in [1.82, 2.24) is 19.5 Å². The lowest BCUT2D eigenvalue weighted by atomic mass is 10.2. The molecule has 3 rings (SSSR count). The molecule has 0 radical (unpaired) electrons. The van der Waals surface area contributed by atoms with Gasteiger partial charge in [0.2, 0.25) is 5.95 Å². The third-order valence-corrected chi connectivity index (χ3v) is 2.60. The predicted octanol–water partition coefficient (Wildman–Crippen LogP) is 3.10. The van der Waals surface area contributed by atoms with Gasteiger partial charge < -0.3 is 0 Å². The van der Waals surface area contributed by atoms with Gasteiger partial charge in [-0.05, 0) is 32.0 Å². The Hall–Kier alpha value is -2.56. The molecule has 5 heteroatoms. The maximum absolute atomic E-state index is 12.1. The van der Waals surface area contributed by atoms with Crippen molar-refractivity contribution in [2.75, 3.05) is 0 Å². The lowest BCUT2D eigenvalue weighted by Crippen LogP contribution is -1.99. The number of hydrogen-bond acceptors (Lipinski definition) is 3. The Balaban J connectivity index is 0.000000160. The van der Waals surface area contributed by atoms with Gasteiger partial charge >= 0.3 is 0 Å². The van der Waals surface area contributed by atoms with E-state index >= 15 is 0 Å². The van der Waals surface area contributed by atoms with Crippen molar-refractivity contribution in [3.05, 3.63) is 72.3 Å². The number of nitrogens with zero attached hydrogens (tertiary/aromatic N) is 4. The minimum absolute atomic E-state index is 0.171. The average molecular weight is 270 g/mol. The molecule has 0 unspecified atom stereocenters. The number of imidazole rings is 1. The minimum atomic E-state index is -0.171. The van der Waals surface area contributed by atoms with Gasteiger partial charge in [-0.15, -0.1) is 0 Å². The van der Waals surface area contributed by atoms with Crippen molar-refractivity contribution in [1.29, 1.82) is 0 Å². The highest BCUT2D eigenvalue weighted by Gasteiger charge is 1.99. The van der Waals surface area contributed by atoms with E-state index in [1.165, 1.54) is 12.1 Å². The molecule has 102 valence electrons. The number of halogens is 1. The molecule has 1 aromatic carbocycles. The summed E-state index contributed by atoms with van der Waals surface area (Å²) in [5.41, 5.74) is 2.12. The van der Waals surface area contributed by atoms with Crippen LogP contribution in [0.25, 0.3) is 5.95 Å². The number of hydrogen-bond donors (Lipinski definition) is 0. The SMILES string of the molecule is Cc1ccc(F)cc1.Cc1cncn1-c1ncccn1. The number of aromatic nitrogens is 4. The third-order valence-electron chi connectivity index (χ3n) is 2.60. The highest BCUT2D eigenvalue weighted by atomic mass is 19.1. The van der Waals surface area contributed by atoms with Crippen LogP contribution >= 0.6 is 0 Å². The van der Waals surface area contributed by atoms with Crippen molar-refractivity contribution in [3.63, 3.8) is 0 Å². The Kier molecular flexibility index (Phi) is 4.55. The Morgan fingerprint density at radius 2 is 1.65 bits per heavy atom. The zero-order valence-corrected chi connectivity index (χ0v) is 11.4. The van der Waals surface area contributed by atoms with Crippen molar-refractivity contribution in [2.24, 2.45) is 0 Å². The predicted molar refractivity (Wildman–Crippen MR) is 75.0 cm³/mol. The van der Waals surface area contributed by atoms with E-state index in [2.05, 4.69) is 15.0 Å². The molecule has 0 aliphatic carbocycles. The third kappa shape index (κ3) is 3.71. The topological polar surface area (TPSA) is 43.6 Å². The van der Waals surface area contributed by atoms with Crippen molar-refractivity contribution < 1.29 is 4.39 Å².